The quantitative estimate of drug-likeness (QED) is 0.534. The van der Waals surface area contributed by atoms with Crippen LogP contribution < -0.4 is 5.32 Å². The van der Waals surface area contributed by atoms with Gasteiger partial charge < -0.3 is 10.4 Å². The second kappa shape index (κ2) is 10.1. The SMILES string of the molecule is CC(O)(CNC(=O)c1ccc(S(=O)(=O)N2CCCCC2)cc1)c1ccc(-c2ccccc2)cc1. The Morgan fingerprint density at radius 1 is 0.882 bits per heavy atom. The van der Waals surface area contributed by atoms with Crippen LogP contribution in [0.3, 0.4) is 0 Å². The average Bonchev–Trinajstić information content (AvgIpc) is 2.88. The number of sulfonamides is 1. The number of amides is 1. The lowest BCUT2D eigenvalue weighted by molar-refractivity contribution is 0.0526. The van der Waals surface area contributed by atoms with E-state index in [0.717, 1.165) is 30.4 Å². The van der Waals surface area contributed by atoms with Gasteiger partial charge in [0.05, 0.1) is 11.4 Å². The van der Waals surface area contributed by atoms with Gasteiger partial charge in [-0.15, -0.1) is 0 Å². The van der Waals surface area contributed by atoms with Crippen LogP contribution in [0.4, 0.5) is 0 Å². The second-order valence-corrected chi connectivity index (χ2v) is 10.8. The molecule has 1 unspecified atom stereocenters. The van der Waals surface area contributed by atoms with Gasteiger partial charge in [-0.1, -0.05) is 61.0 Å². The van der Waals surface area contributed by atoms with Gasteiger partial charge in [-0.3, -0.25) is 4.79 Å². The van der Waals surface area contributed by atoms with Crippen LogP contribution in [-0.2, 0) is 15.6 Å². The Balaban J connectivity index is 1.39. The Labute approximate surface area is 201 Å². The average molecular weight is 479 g/mol. The van der Waals surface area contributed by atoms with E-state index < -0.39 is 15.6 Å². The lowest BCUT2D eigenvalue weighted by Crippen LogP contribution is -2.38. The zero-order chi connectivity index (χ0) is 24.2. The summed E-state index contributed by atoms with van der Waals surface area (Å²) in [5.74, 6) is -0.372. The number of benzene rings is 3. The van der Waals surface area contributed by atoms with Gasteiger partial charge in [-0.25, -0.2) is 8.42 Å². The Morgan fingerprint density at radius 3 is 2.09 bits per heavy atom. The fourth-order valence-corrected chi connectivity index (χ4v) is 5.66. The molecule has 1 heterocycles. The molecule has 0 bridgehead atoms. The van der Waals surface area contributed by atoms with Crippen molar-refractivity contribution in [1.29, 1.82) is 0 Å². The molecule has 0 radical (unpaired) electrons. The minimum atomic E-state index is -3.54. The molecular formula is C27H30N2O4S. The molecule has 34 heavy (non-hydrogen) atoms. The molecule has 0 aromatic heterocycles. The van der Waals surface area contributed by atoms with Crippen molar-refractivity contribution in [3.05, 3.63) is 90.0 Å². The Kier molecular flexibility index (Phi) is 7.16. The van der Waals surface area contributed by atoms with Crippen molar-refractivity contribution in [3.8, 4) is 11.1 Å². The van der Waals surface area contributed by atoms with Crippen molar-refractivity contribution >= 4 is 15.9 Å². The van der Waals surface area contributed by atoms with E-state index in [4.69, 9.17) is 0 Å². The molecule has 1 aliphatic heterocycles. The van der Waals surface area contributed by atoms with E-state index >= 15 is 0 Å². The minimum absolute atomic E-state index is 0.0182. The molecule has 1 saturated heterocycles. The molecule has 0 aliphatic carbocycles. The number of nitrogens with one attached hydrogen (secondary N) is 1. The predicted molar refractivity (Wildman–Crippen MR) is 133 cm³/mol. The largest absolute Gasteiger partial charge is 0.384 e. The highest BCUT2D eigenvalue weighted by Gasteiger charge is 2.27. The number of hydrogen-bond donors (Lipinski definition) is 2. The molecule has 0 spiro atoms. The summed E-state index contributed by atoms with van der Waals surface area (Å²) >= 11 is 0. The zero-order valence-corrected chi connectivity index (χ0v) is 20.1. The molecule has 1 atom stereocenters. The highest BCUT2D eigenvalue weighted by atomic mass is 32.2. The van der Waals surface area contributed by atoms with E-state index in [0.29, 0.717) is 24.2 Å². The molecule has 3 aromatic carbocycles. The van der Waals surface area contributed by atoms with Crippen molar-refractivity contribution in [3.63, 3.8) is 0 Å². The predicted octanol–water partition coefficient (Wildman–Crippen LogP) is 4.17. The third-order valence-corrected chi connectivity index (χ3v) is 8.19. The molecule has 7 heteroatoms. The van der Waals surface area contributed by atoms with Gasteiger partial charge in [-0.2, -0.15) is 4.31 Å². The highest BCUT2D eigenvalue weighted by Crippen LogP contribution is 2.25. The third kappa shape index (κ3) is 5.38. The van der Waals surface area contributed by atoms with E-state index in [1.165, 1.54) is 28.6 Å². The maximum Gasteiger partial charge on any atom is 0.251 e. The fraction of sp³-hybridized carbons (Fsp3) is 0.296. The molecule has 3 aromatic rings. The summed E-state index contributed by atoms with van der Waals surface area (Å²) < 4.78 is 27.1. The summed E-state index contributed by atoms with van der Waals surface area (Å²) in [7, 11) is -3.54. The van der Waals surface area contributed by atoms with Gasteiger partial charge in [0, 0.05) is 18.7 Å². The van der Waals surface area contributed by atoms with Gasteiger partial charge in [0.2, 0.25) is 10.0 Å². The van der Waals surface area contributed by atoms with E-state index in [1.54, 1.807) is 6.92 Å². The molecular weight excluding hydrogens is 448 g/mol. The first-order chi connectivity index (χ1) is 16.3. The van der Waals surface area contributed by atoms with Crippen molar-refractivity contribution in [2.75, 3.05) is 19.6 Å². The highest BCUT2D eigenvalue weighted by molar-refractivity contribution is 7.89. The standard InChI is InChI=1S/C27H30N2O4S/c1-27(31,24-14-10-22(11-15-24)21-8-4-2-5-9-21)20-28-26(30)23-12-16-25(17-13-23)34(32,33)29-18-6-3-7-19-29/h2,4-5,8-17,31H,3,6-7,18-20H2,1H3,(H,28,30). The summed E-state index contributed by atoms with van der Waals surface area (Å²) in [4.78, 5) is 12.8. The first-order valence-corrected chi connectivity index (χ1v) is 13.0. The van der Waals surface area contributed by atoms with Crippen molar-refractivity contribution < 1.29 is 18.3 Å². The molecule has 178 valence electrons. The van der Waals surface area contributed by atoms with Gasteiger partial charge in [0.1, 0.15) is 5.60 Å². The van der Waals surface area contributed by atoms with Crippen LogP contribution in [0.25, 0.3) is 11.1 Å². The number of carbonyl (C=O) groups is 1. The first kappa shape index (κ1) is 24.1. The number of nitrogens with zero attached hydrogens (tertiary/aromatic N) is 1. The van der Waals surface area contributed by atoms with Gasteiger partial charge in [0.15, 0.2) is 0 Å². The molecule has 1 fully saturated rings. The van der Waals surface area contributed by atoms with Gasteiger partial charge in [-0.05, 0) is 60.7 Å². The summed E-state index contributed by atoms with van der Waals surface area (Å²) in [6.45, 7) is 2.74. The van der Waals surface area contributed by atoms with Crippen LogP contribution in [-0.4, -0.2) is 43.4 Å². The van der Waals surface area contributed by atoms with Crippen LogP contribution in [0.5, 0.6) is 0 Å². The Morgan fingerprint density at radius 2 is 1.47 bits per heavy atom. The number of rotatable bonds is 7. The lowest BCUT2D eigenvalue weighted by Gasteiger charge is -2.26. The minimum Gasteiger partial charge on any atom is -0.384 e. The Bertz CT molecular complexity index is 1220. The molecule has 0 saturated carbocycles. The van der Waals surface area contributed by atoms with Crippen LogP contribution in [0, 0.1) is 0 Å². The molecule has 6 nitrogen and oxygen atoms in total. The van der Waals surface area contributed by atoms with E-state index in [-0.39, 0.29) is 17.3 Å². The number of aliphatic hydroxyl groups is 1. The lowest BCUT2D eigenvalue weighted by atomic mass is 9.93. The smallest absolute Gasteiger partial charge is 0.251 e. The van der Waals surface area contributed by atoms with Gasteiger partial charge >= 0.3 is 0 Å². The monoisotopic (exact) mass is 478 g/mol. The first-order valence-electron chi connectivity index (χ1n) is 11.5. The van der Waals surface area contributed by atoms with Crippen molar-refractivity contribution in [2.45, 2.75) is 36.7 Å². The van der Waals surface area contributed by atoms with Crippen LogP contribution in [0.2, 0.25) is 0 Å². The summed E-state index contributed by atoms with van der Waals surface area (Å²) in [6, 6.07) is 23.5. The normalized spacial score (nSPS) is 16.5. The number of hydrogen-bond acceptors (Lipinski definition) is 4. The molecule has 1 amide bonds. The second-order valence-electron chi connectivity index (χ2n) is 8.89. The maximum absolute atomic E-state index is 12.8. The fourth-order valence-electron chi connectivity index (χ4n) is 4.14. The topological polar surface area (TPSA) is 86.7 Å². The molecule has 1 aliphatic rings. The summed E-state index contributed by atoms with van der Waals surface area (Å²) in [5, 5.41) is 13.7. The number of carbonyl (C=O) groups excluding carboxylic acids is 1. The third-order valence-electron chi connectivity index (χ3n) is 6.28. The Hall–Kier alpha value is -3.00. The summed E-state index contributed by atoms with van der Waals surface area (Å²) in [5.41, 5.74) is 1.90. The maximum atomic E-state index is 12.8. The van der Waals surface area contributed by atoms with E-state index in [1.807, 2.05) is 54.6 Å². The van der Waals surface area contributed by atoms with Crippen molar-refractivity contribution in [2.24, 2.45) is 0 Å². The van der Waals surface area contributed by atoms with Crippen LogP contribution in [0.1, 0.15) is 42.1 Å². The molecule has 2 N–H and O–H groups in total. The van der Waals surface area contributed by atoms with Crippen molar-refractivity contribution in [1.82, 2.24) is 9.62 Å². The van der Waals surface area contributed by atoms with E-state index in [9.17, 15) is 18.3 Å². The van der Waals surface area contributed by atoms with E-state index in [2.05, 4.69) is 5.32 Å². The number of piperidine rings is 1. The molecule has 4 rings (SSSR count). The van der Waals surface area contributed by atoms with Crippen LogP contribution in [0.15, 0.2) is 83.8 Å². The zero-order valence-electron chi connectivity index (χ0n) is 19.3. The van der Waals surface area contributed by atoms with Gasteiger partial charge in [0.25, 0.3) is 5.91 Å². The van der Waals surface area contributed by atoms with Crippen LogP contribution >= 0.6 is 0 Å². The summed E-state index contributed by atoms with van der Waals surface area (Å²) in [6.07, 6.45) is 2.79.